The minimum absolute atomic E-state index is 0.0166. The molecule has 0 amide bonds. The van der Waals surface area contributed by atoms with Crippen LogP contribution in [0.2, 0.25) is 0 Å². The van der Waals surface area contributed by atoms with Gasteiger partial charge in [-0.05, 0) is 24.3 Å². The molecule has 1 N–H and O–H groups in total. The number of hydrogen-bond donors (Lipinski definition) is 1. The zero-order valence-corrected chi connectivity index (χ0v) is 9.62. The number of fused-ring (bicyclic) bond motifs is 1. The van der Waals surface area contributed by atoms with Gasteiger partial charge in [-0.3, -0.25) is 0 Å². The van der Waals surface area contributed by atoms with E-state index in [0.717, 1.165) is 18.4 Å². The van der Waals surface area contributed by atoms with Crippen molar-refractivity contribution >= 4 is 5.97 Å². The molecule has 3 heteroatoms. The highest BCUT2D eigenvalue weighted by Crippen LogP contribution is 2.39. The van der Waals surface area contributed by atoms with E-state index in [1.54, 1.807) is 12.1 Å². The summed E-state index contributed by atoms with van der Waals surface area (Å²) in [5.74, 6) is -0.368. The molecular weight excluding hydrogens is 204 g/mol. The van der Waals surface area contributed by atoms with Gasteiger partial charge in [-0.2, -0.15) is 0 Å². The van der Waals surface area contributed by atoms with Crippen LogP contribution in [0.3, 0.4) is 0 Å². The topological polar surface area (TPSA) is 46.5 Å². The van der Waals surface area contributed by atoms with E-state index in [2.05, 4.69) is 13.8 Å². The first-order valence-corrected chi connectivity index (χ1v) is 5.52. The fourth-order valence-electron chi connectivity index (χ4n) is 2.22. The third-order valence-corrected chi connectivity index (χ3v) is 3.17. The van der Waals surface area contributed by atoms with Crippen LogP contribution >= 0.6 is 0 Å². The van der Waals surface area contributed by atoms with E-state index in [9.17, 15) is 4.79 Å². The molecule has 0 saturated heterocycles. The van der Waals surface area contributed by atoms with E-state index in [4.69, 9.17) is 9.84 Å². The zero-order valence-electron chi connectivity index (χ0n) is 9.62. The van der Waals surface area contributed by atoms with Crippen molar-refractivity contribution in [2.24, 2.45) is 0 Å². The summed E-state index contributed by atoms with van der Waals surface area (Å²) in [7, 11) is 0. The van der Waals surface area contributed by atoms with Crippen LogP contribution in [0.15, 0.2) is 18.2 Å². The zero-order chi connectivity index (χ0) is 11.8. The van der Waals surface area contributed by atoms with E-state index in [1.807, 2.05) is 6.07 Å². The summed E-state index contributed by atoms with van der Waals surface area (Å²) >= 11 is 0. The van der Waals surface area contributed by atoms with Gasteiger partial charge in [0.2, 0.25) is 0 Å². The van der Waals surface area contributed by atoms with E-state index in [0.29, 0.717) is 12.4 Å². The number of benzene rings is 1. The van der Waals surface area contributed by atoms with E-state index >= 15 is 0 Å². The van der Waals surface area contributed by atoms with Crippen molar-refractivity contribution in [2.45, 2.75) is 32.1 Å². The van der Waals surface area contributed by atoms with E-state index in [1.165, 1.54) is 0 Å². The van der Waals surface area contributed by atoms with Gasteiger partial charge in [-0.25, -0.2) is 4.79 Å². The smallest absolute Gasteiger partial charge is 0.339 e. The predicted octanol–water partition coefficient (Wildman–Crippen LogP) is 2.84. The van der Waals surface area contributed by atoms with Crippen LogP contribution in [-0.4, -0.2) is 17.7 Å². The molecule has 3 nitrogen and oxygen atoms in total. The third kappa shape index (κ3) is 1.77. The Morgan fingerprint density at radius 3 is 2.88 bits per heavy atom. The summed E-state index contributed by atoms with van der Waals surface area (Å²) in [5.41, 5.74) is 1.26. The van der Waals surface area contributed by atoms with Crippen LogP contribution in [0.25, 0.3) is 0 Å². The number of carboxylic acids is 1. The number of carboxylic acid groups (broad SMARTS) is 1. The molecule has 0 unspecified atom stereocenters. The number of ether oxygens (including phenoxy) is 1. The van der Waals surface area contributed by atoms with Gasteiger partial charge in [0.05, 0.1) is 6.61 Å². The first-order valence-electron chi connectivity index (χ1n) is 5.52. The fourth-order valence-corrected chi connectivity index (χ4v) is 2.22. The number of para-hydroxylation sites is 1. The standard InChI is InChI=1S/C13H16O3/c1-13(2)7-4-8-16-11-9(12(14)15)5-3-6-10(11)13/h3,5-6H,4,7-8H2,1-2H3,(H,14,15). The van der Waals surface area contributed by atoms with Crippen molar-refractivity contribution in [3.63, 3.8) is 0 Å². The van der Waals surface area contributed by atoms with Gasteiger partial charge in [0.1, 0.15) is 11.3 Å². The summed E-state index contributed by atoms with van der Waals surface area (Å²) in [6.07, 6.45) is 1.98. The third-order valence-electron chi connectivity index (χ3n) is 3.17. The van der Waals surface area contributed by atoms with E-state index < -0.39 is 5.97 Å². The minimum atomic E-state index is -0.922. The number of rotatable bonds is 1. The lowest BCUT2D eigenvalue weighted by Gasteiger charge is -2.24. The van der Waals surface area contributed by atoms with Crippen molar-refractivity contribution < 1.29 is 14.6 Å². The molecule has 0 aromatic heterocycles. The average Bonchev–Trinajstić information content (AvgIpc) is 2.37. The molecule has 1 aromatic carbocycles. The van der Waals surface area contributed by atoms with Crippen LogP contribution in [0.4, 0.5) is 0 Å². The molecule has 1 aliphatic rings. The lowest BCUT2D eigenvalue weighted by molar-refractivity contribution is 0.0692. The molecule has 0 bridgehead atoms. The molecule has 1 aliphatic heterocycles. The molecule has 1 heterocycles. The second-order valence-electron chi connectivity index (χ2n) is 4.82. The largest absolute Gasteiger partial charge is 0.492 e. The first kappa shape index (κ1) is 11.0. The molecule has 0 spiro atoms. The normalized spacial score (nSPS) is 18.1. The fraction of sp³-hybridized carbons (Fsp3) is 0.462. The maximum absolute atomic E-state index is 11.1. The molecule has 16 heavy (non-hydrogen) atoms. The van der Waals surface area contributed by atoms with Crippen LogP contribution in [0, 0.1) is 0 Å². The van der Waals surface area contributed by atoms with Crippen molar-refractivity contribution in [3.8, 4) is 5.75 Å². The van der Waals surface area contributed by atoms with Gasteiger partial charge >= 0.3 is 5.97 Å². The summed E-state index contributed by atoms with van der Waals surface area (Å²) in [6.45, 7) is 4.86. The SMILES string of the molecule is CC1(C)CCCOc2c(C(=O)O)cccc21. The number of carbonyl (C=O) groups is 1. The predicted molar refractivity (Wildman–Crippen MR) is 61.2 cm³/mol. The highest BCUT2D eigenvalue weighted by Gasteiger charge is 2.29. The molecule has 0 aliphatic carbocycles. The second kappa shape index (κ2) is 3.81. The molecule has 0 atom stereocenters. The van der Waals surface area contributed by atoms with Crippen LogP contribution in [-0.2, 0) is 5.41 Å². The van der Waals surface area contributed by atoms with E-state index in [-0.39, 0.29) is 11.0 Å². The Kier molecular flexibility index (Phi) is 2.62. The van der Waals surface area contributed by atoms with Crippen molar-refractivity contribution in [2.75, 3.05) is 6.61 Å². The quantitative estimate of drug-likeness (QED) is 0.791. The van der Waals surface area contributed by atoms with Crippen molar-refractivity contribution in [1.82, 2.24) is 0 Å². The summed E-state index contributed by atoms with van der Waals surface area (Å²) in [5, 5.41) is 9.12. The number of aromatic carboxylic acids is 1. The van der Waals surface area contributed by atoms with Gasteiger partial charge in [-0.1, -0.05) is 26.0 Å². The Balaban J connectivity index is 2.61. The molecule has 1 aromatic rings. The number of hydrogen-bond acceptors (Lipinski definition) is 2. The monoisotopic (exact) mass is 220 g/mol. The van der Waals surface area contributed by atoms with Crippen LogP contribution in [0.1, 0.15) is 42.6 Å². The molecular formula is C13H16O3. The van der Waals surface area contributed by atoms with Gasteiger partial charge in [-0.15, -0.1) is 0 Å². The molecule has 86 valence electrons. The maximum Gasteiger partial charge on any atom is 0.339 e. The van der Waals surface area contributed by atoms with Crippen LogP contribution in [0.5, 0.6) is 5.75 Å². The van der Waals surface area contributed by atoms with Gasteiger partial charge in [0.25, 0.3) is 0 Å². The average molecular weight is 220 g/mol. The highest BCUT2D eigenvalue weighted by molar-refractivity contribution is 5.91. The van der Waals surface area contributed by atoms with Gasteiger partial charge in [0.15, 0.2) is 0 Å². The lowest BCUT2D eigenvalue weighted by Crippen LogP contribution is -2.16. The first-order chi connectivity index (χ1) is 7.52. The lowest BCUT2D eigenvalue weighted by atomic mass is 9.80. The van der Waals surface area contributed by atoms with Crippen molar-refractivity contribution in [1.29, 1.82) is 0 Å². The Labute approximate surface area is 95.0 Å². The second-order valence-corrected chi connectivity index (χ2v) is 4.82. The molecule has 0 fully saturated rings. The Morgan fingerprint density at radius 1 is 1.44 bits per heavy atom. The molecule has 2 rings (SSSR count). The summed E-state index contributed by atoms with van der Waals surface area (Å²) in [6, 6.07) is 5.36. The Bertz CT molecular complexity index is 421. The molecule has 0 saturated carbocycles. The summed E-state index contributed by atoms with van der Waals surface area (Å²) in [4.78, 5) is 11.1. The molecule has 0 radical (unpaired) electrons. The van der Waals surface area contributed by atoms with Crippen molar-refractivity contribution in [3.05, 3.63) is 29.3 Å². The highest BCUT2D eigenvalue weighted by atomic mass is 16.5. The minimum Gasteiger partial charge on any atom is -0.492 e. The van der Waals surface area contributed by atoms with Gasteiger partial charge < -0.3 is 9.84 Å². The maximum atomic E-state index is 11.1. The van der Waals surface area contributed by atoms with Gasteiger partial charge in [0, 0.05) is 5.56 Å². The summed E-state index contributed by atoms with van der Waals surface area (Å²) < 4.78 is 5.60. The Morgan fingerprint density at radius 2 is 2.19 bits per heavy atom. The van der Waals surface area contributed by atoms with Crippen LogP contribution < -0.4 is 4.74 Å². The Hall–Kier alpha value is -1.51.